The number of halogens is 2. The van der Waals surface area contributed by atoms with Gasteiger partial charge in [0.1, 0.15) is 0 Å². The number of hydrogen-bond acceptors (Lipinski definition) is 3. The van der Waals surface area contributed by atoms with Crippen molar-refractivity contribution in [1.29, 1.82) is 0 Å². The summed E-state index contributed by atoms with van der Waals surface area (Å²) in [6.07, 6.45) is 7.46. The summed E-state index contributed by atoms with van der Waals surface area (Å²) in [6, 6.07) is 6.21. The molecule has 1 aliphatic carbocycles. The van der Waals surface area contributed by atoms with Crippen molar-refractivity contribution < 1.29 is 9.59 Å². The second kappa shape index (κ2) is 8.80. The summed E-state index contributed by atoms with van der Waals surface area (Å²) in [5, 5.41) is 9.98. The van der Waals surface area contributed by atoms with E-state index in [1.165, 1.54) is 25.7 Å². The summed E-state index contributed by atoms with van der Waals surface area (Å²) in [4.78, 5) is 25.0. The second-order valence-corrected chi connectivity index (χ2v) is 8.51. The highest BCUT2D eigenvalue weighted by Gasteiger charge is 2.34. The third-order valence-electron chi connectivity index (χ3n) is 5.79. The number of amides is 2. The third kappa shape index (κ3) is 5.37. The molecule has 0 spiro atoms. The van der Waals surface area contributed by atoms with Crippen LogP contribution in [0.2, 0.25) is 5.02 Å². The lowest BCUT2D eigenvalue weighted by molar-refractivity contribution is -0.117. The number of nitrogens with one attached hydrogen (secondary N) is 3. The van der Waals surface area contributed by atoms with Crippen LogP contribution in [-0.4, -0.2) is 30.4 Å². The van der Waals surface area contributed by atoms with E-state index in [4.69, 9.17) is 11.6 Å². The van der Waals surface area contributed by atoms with Crippen LogP contribution in [0.4, 0.5) is 5.69 Å². The Hall–Kier alpha value is -1.30. The summed E-state index contributed by atoms with van der Waals surface area (Å²) in [5.74, 6) is 0.837. The quantitative estimate of drug-likeness (QED) is 0.667. The molecule has 4 rings (SSSR count). The Morgan fingerprint density at radius 3 is 2.44 bits per heavy atom. The largest absolute Gasteiger partial charge is 0.352 e. The van der Waals surface area contributed by atoms with Gasteiger partial charge in [-0.25, -0.2) is 0 Å². The van der Waals surface area contributed by atoms with Crippen LogP contribution in [-0.2, 0) is 4.79 Å². The molecular formula is C20H27Cl2N3O2. The SMILES string of the molecule is Cl.O=C(CC1CC2CCC(C1)N2)Nc1ccc(Cl)cc1C(=O)NCC1CC1. The van der Waals surface area contributed by atoms with Crippen molar-refractivity contribution in [3.63, 3.8) is 0 Å². The Bertz CT molecular complexity index is 696. The Morgan fingerprint density at radius 1 is 1.07 bits per heavy atom. The highest BCUT2D eigenvalue weighted by atomic mass is 35.5. The molecule has 2 bridgehead atoms. The van der Waals surface area contributed by atoms with Gasteiger partial charge < -0.3 is 16.0 Å². The van der Waals surface area contributed by atoms with Gasteiger partial charge in [-0.2, -0.15) is 0 Å². The monoisotopic (exact) mass is 411 g/mol. The number of rotatable bonds is 6. The number of fused-ring (bicyclic) bond motifs is 2. The van der Waals surface area contributed by atoms with Gasteiger partial charge in [0.15, 0.2) is 0 Å². The molecule has 2 aliphatic heterocycles. The highest BCUT2D eigenvalue weighted by molar-refractivity contribution is 6.31. The van der Waals surface area contributed by atoms with Gasteiger partial charge >= 0.3 is 0 Å². The lowest BCUT2D eigenvalue weighted by Gasteiger charge is -2.28. The maximum atomic E-state index is 12.6. The minimum Gasteiger partial charge on any atom is -0.352 e. The maximum absolute atomic E-state index is 12.6. The fourth-order valence-corrected chi connectivity index (χ4v) is 4.44. The Kier molecular flexibility index (Phi) is 6.66. The molecule has 1 aromatic carbocycles. The van der Waals surface area contributed by atoms with Crippen LogP contribution >= 0.6 is 24.0 Å². The summed E-state index contributed by atoms with van der Waals surface area (Å²) < 4.78 is 0. The van der Waals surface area contributed by atoms with Crippen molar-refractivity contribution in [3.8, 4) is 0 Å². The smallest absolute Gasteiger partial charge is 0.253 e. The Labute approximate surface area is 171 Å². The van der Waals surface area contributed by atoms with E-state index >= 15 is 0 Å². The molecule has 5 nitrogen and oxygen atoms in total. The zero-order valence-corrected chi connectivity index (χ0v) is 16.9. The molecule has 3 N–H and O–H groups in total. The van der Waals surface area contributed by atoms with Gasteiger partial charge in [-0.05, 0) is 68.6 Å². The molecule has 2 atom stereocenters. The topological polar surface area (TPSA) is 70.2 Å². The number of piperidine rings is 1. The van der Waals surface area contributed by atoms with Gasteiger partial charge in [-0.15, -0.1) is 12.4 Å². The van der Waals surface area contributed by atoms with Crippen LogP contribution in [0.1, 0.15) is 55.3 Å². The third-order valence-corrected chi connectivity index (χ3v) is 6.03. The summed E-state index contributed by atoms with van der Waals surface area (Å²) in [5.41, 5.74) is 0.987. The molecule has 2 saturated heterocycles. The molecule has 3 fully saturated rings. The van der Waals surface area contributed by atoms with E-state index in [1.54, 1.807) is 18.2 Å². The second-order valence-electron chi connectivity index (χ2n) is 8.07. The molecule has 3 aliphatic rings. The molecule has 7 heteroatoms. The van der Waals surface area contributed by atoms with Gasteiger partial charge in [0.2, 0.25) is 5.91 Å². The first-order valence-electron chi connectivity index (χ1n) is 9.70. The average Bonchev–Trinajstić information content (AvgIpc) is 3.38. The molecule has 1 saturated carbocycles. The first-order valence-corrected chi connectivity index (χ1v) is 10.1. The van der Waals surface area contributed by atoms with Crippen LogP contribution in [0.25, 0.3) is 0 Å². The predicted octanol–water partition coefficient (Wildman–Crippen LogP) is 3.76. The van der Waals surface area contributed by atoms with E-state index in [1.807, 2.05) is 0 Å². The number of anilines is 1. The van der Waals surface area contributed by atoms with Crippen molar-refractivity contribution in [1.82, 2.24) is 10.6 Å². The molecule has 2 heterocycles. The van der Waals surface area contributed by atoms with Crippen molar-refractivity contribution in [2.24, 2.45) is 11.8 Å². The first kappa shape index (κ1) is 20.4. The van der Waals surface area contributed by atoms with Crippen molar-refractivity contribution in [2.45, 2.75) is 57.0 Å². The lowest BCUT2D eigenvalue weighted by atomic mass is 9.89. The van der Waals surface area contributed by atoms with E-state index in [0.29, 0.717) is 53.2 Å². The van der Waals surface area contributed by atoms with Gasteiger partial charge in [0, 0.05) is 30.1 Å². The predicted molar refractivity (Wildman–Crippen MR) is 110 cm³/mol. The average molecular weight is 412 g/mol. The summed E-state index contributed by atoms with van der Waals surface area (Å²) >= 11 is 6.07. The number of hydrogen-bond donors (Lipinski definition) is 3. The maximum Gasteiger partial charge on any atom is 0.253 e. The molecular weight excluding hydrogens is 385 g/mol. The number of carbonyl (C=O) groups is 2. The van der Waals surface area contributed by atoms with Crippen LogP contribution < -0.4 is 16.0 Å². The van der Waals surface area contributed by atoms with E-state index < -0.39 is 0 Å². The van der Waals surface area contributed by atoms with Crippen LogP contribution in [0.3, 0.4) is 0 Å². The minimum atomic E-state index is -0.172. The molecule has 1 aromatic rings. The molecule has 2 amide bonds. The fourth-order valence-electron chi connectivity index (χ4n) is 4.27. The van der Waals surface area contributed by atoms with E-state index in [2.05, 4.69) is 16.0 Å². The molecule has 148 valence electrons. The Balaban J connectivity index is 0.00000210. The molecule has 27 heavy (non-hydrogen) atoms. The van der Waals surface area contributed by atoms with E-state index in [9.17, 15) is 9.59 Å². The zero-order valence-electron chi connectivity index (χ0n) is 15.3. The molecule has 0 aromatic heterocycles. The molecule has 2 unspecified atom stereocenters. The minimum absolute atomic E-state index is 0. The van der Waals surface area contributed by atoms with Gasteiger partial charge in [-0.1, -0.05) is 11.6 Å². The number of carbonyl (C=O) groups excluding carboxylic acids is 2. The van der Waals surface area contributed by atoms with Gasteiger partial charge in [0.05, 0.1) is 11.3 Å². The van der Waals surface area contributed by atoms with Crippen LogP contribution in [0.5, 0.6) is 0 Å². The first-order chi connectivity index (χ1) is 12.6. The highest BCUT2D eigenvalue weighted by Crippen LogP contribution is 2.33. The van der Waals surface area contributed by atoms with Crippen molar-refractivity contribution in [2.75, 3.05) is 11.9 Å². The van der Waals surface area contributed by atoms with E-state index in [-0.39, 0.29) is 24.2 Å². The standard InChI is InChI=1S/C20H26ClN3O2.ClH/c21-14-3-6-18(17(10-14)20(26)22-11-12-1-2-12)24-19(25)9-13-7-15-4-5-16(8-13)23-15;/h3,6,10,12-13,15-16,23H,1-2,4-5,7-9,11H2,(H,22,26)(H,24,25);1H. The zero-order chi connectivity index (χ0) is 18.1. The van der Waals surface area contributed by atoms with Crippen molar-refractivity contribution in [3.05, 3.63) is 28.8 Å². The van der Waals surface area contributed by atoms with Crippen LogP contribution in [0, 0.1) is 11.8 Å². The Morgan fingerprint density at radius 2 is 1.78 bits per heavy atom. The van der Waals surface area contributed by atoms with E-state index in [0.717, 1.165) is 12.8 Å². The van der Waals surface area contributed by atoms with Crippen LogP contribution in [0.15, 0.2) is 18.2 Å². The number of benzene rings is 1. The van der Waals surface area contributed by atoms with Gasteiger partial charge in [0.25, 0.3) is 5.91 Å². The summed E-state index contributed by atoms with van der Waals surface area (Å²) in [6.45, 7) is 0.691. The normalized spacial score (nSPS) is 26.2. The van der Waals surface area contributed by atoms with Crippen molar-refractivity contribution >= 4 is 41.5 Å². The fraction of sp³-hybridized carbons (Fsp3) is 0.600. The molecule has 0 radical (unpaired) electrons. The lowest BCUT2D eigenvalue weighted by Crippen LogP contribution is -2.39. The van der Waals surface area contributed by atoms with Gasteiger partial charge in [-0.3, -0.25) is 9.59 Å². The summed E-state index contributed by atoms with van der Waals surface area (Å²) in [7, 11) is 0.